The number of hydrogen-bond acceptors (Lipinski definition) is 3. The van der Waals surface area contributed by atoms with Crippen LogP contribution in [0.5, 0.6) is 0 Å². The lowest BCUT2D eigenvalue weighted by molar-refractivity contribution is -0.139. The highest BCUT2D eigenvalue weighted by molar-refractivity contribution is 5.94. The molecule has 0 aliphatic heterocycles. The molecule has 1 rings (SSSR count). The Labute approximate surface area is 97.2 Å². The Hall–Kier alpha value is -2.05. The summed E-state index contributed by atoms with van der Waals surface area (Å²) in [6, 6.07) is -0.930. The van der Waals surface area contributed by atoms with Gasteiger partial charge in [-0.05, 0) is 6.42 Å². The summed E-state index contributed by atoms with van der Waals surface area (Å²) in [4.78, 5) is 37.8. The quantitative estimate of drug-likeness (QED) is 0.564. The molecule has 17 heavy (non-hydrogen) atoms. The van der Waals surface area contributed by atoms with Crippen molar-refractivity contribution in [2.75, 3.05) is 0 Å². The molecule has 0 aromatic carbocycles. The standard InChI is InChI=1S/C10H15N3O4/c1-2-3-4-6(9(15)16)12-8(14)7-5-11-10(17)13-7/h5-6H,2-4H2,1H3,(H,12,14)(H,15,16)(H2,11,13,17). The number of aliphatic carboxylic acids is 1. The molecule has 0 saturated carbocycles. The van der Waals surface area contributed by atoms with Gasteiger partial charge in [-0.15, -0.1) is 0 Å². The van der Waals surface area contributed by atoms with Crippen molar-refractivity contribution >= 4 is 11.9 Å². The molecular formula is C10H15N3O4. The largest absolute Gasteiger partial charge is 0.480 e. The fraction of sp³-hybridized carbons (Fsp3) is 0.500. The van der Waals surface area contributed by atoms with Gasteiger partial charge in [-0.1, -0.05) is 19.8 Å². The zero-order valence-electron chi connectivity index (χ0n) is 9.45. The Bertz CT molecular complexity index is 448. The van der Waals surface area contributed by atoms with Gasteiger partial charge in [0.25, 0.3) is 5.91 Å². The third-order valence-corrected chi connectivity index (χ3v) is 2.29. The fourth-order valence-corrected chi connectivity index (χ4v) is 1.36. The van der Waals surface area contributed by atoms with Gasteiger partial charge in [0, 0.05) is 6.20 Å². The van der Waals surface area contributed by atoms with Crippen molar-refractivity contribution in [3.63, 3.8) is 0 Å². The minimum Gasteiger partial charge on any atom is -0.480 e. The normalized spacial score (nSPS) is 12.1. The molecule has 7 nitrogen and oxygen atoms in total. The maximum Gasteiger partial charge on any atom is 0.326 e. The lowest BCUT2D eigenvalue weighted by Gasteiger charge is -2.12. The Morgan fingerprint density at radius 3 is 2.71 bits per heavy atom. The molecule has 0 fully saturated rings. The predicted molar refractivity (Wildman–Crippen MR) is 59.8 cm³/mol. The minimum absolute atomic E-state index is 0.0257. The van der Waals surface area contributed by atoms with Crippen molar-refractivity contribution in [2.45, 2.75) is 32.2 Å². The molecule has 1 amide bonds. The molecule has 1 unspecified atom stereocenters. The van der Waals surface area contributed by atoms with Crippen LogP contribution >= 0.6 is 0 Å². The average molecular weight is 241 g/mol. The van der Waals surface area contributed by atoms with E-state index < -0.39 is 23.6 Å². The monoisotopic (exact) mass is 241 g/mol. The van der Waals surface area contributed by atoms with Gasteiger partial charge < -0.3 is 20.4 Å². The molecule has 7 heteroatoms. The van der Waals surface area contributed by atoms with Gasteiger partial charge in [-0.3, -0.25) is 4.79 Å². The second-order valence-corrected chi connectivity index (χ2v) is 3.66. The van der Waals surface area contributed by atoms with Crippen LogP contribution in [0.25, 0.3) is 0 Å². The molecule has 4 N–H and O–H groups in total. The minimum atomic E-state index is -1.08. The zero-order chi connectivity index (χ0) is 12.8. The van der Waals surface area contributed by atoms with Crippen LogP contribution in [-0.4, -0.2) is 33.0 Å². The summed E-state index contributed by atoms with van der Waals surface area (Å²) in [5.41, 5.74) is -0.478. The molecule has 0 radical (unpaired) electrons. The van der Waals surface area contributed by atoms with Gasteiger partial charge in [0.1, 0.15) is 11.7 Å². The molecule has 1 aromatic heterocycles. The van der Waals surface area contributed by atoms with Gasteiger partial charge in [0.2, 0.25) is 0 Å². The number of hydrogen-bond donors (Lipinski definition) is 4. The second-order valence-electron chi connectivity index (χ2n) is 3.66. The number of unbranched alkanes of at least 4 members (excludes halogenated alkanes) is 1. The van der Waals surface area contributed by atoms with E-state index in [1.165, 1.54) is 6.20 Å². The first-order valence-electron chi connectivity index (χ1n) is 5.36. The van der Waals surface area contributed by atoms with Crippen molar-refractivity contribution in [2.24, 2.45) is 0 Å². The average Bonchev–Trinajstić information content (AvgIpc) is 2.70. The molecule has 0 bridgehead atoms. The Kier molecular flexibility index (Phi) is 4.50. The number of carbonyl (C=O) groups is 2. The van der Waals surface area contributed by atoms with Crippen molar-refractivity contribution in [1.82, 2.24) is 15.3 Å². The lowest BCUT2D eigenvalue weighted by atomic mass is 10.1. The highest BCUT2D eigenvalue weighted by atomic mass is 16.4. The molecule has 0 aliphatic carbocycles. The van der Waals surface area contributed by atoms with E-state index in [1.807, 2.05) is 6.92 Å². The summed E-state index contributed by atoms with van der Waals surface area (Å²) < 4.78 is 0. The smallest absolute Gasteiger partial charge is 0.326 e. The number of nitrogens with one attached hydrogen (secondary N) is 3. The van der Waals surface area contributed by atoms with Crippen LogP contribution in [0.2, 0.25) is 0 Å². The Morgan fingerprint density at radius 2 is 2.24 bits per heavy atom. The van der Waals surface area contributed by atoms with Crippen molar-refractivity contribution in [3.05, 3.63) is 22.4 Å². The highest BCUT2D eigenvalue weighted by Crippen LogP contribution is 2.02. The number of amides is 1. The summed E-state index contributed by atoms with van der Waals surface area (Å²) in [7, 11) is 0. The number of imidazole rings is 1. The van der Waals surface area contributed by atoms with Crippen LogP contribution in [0.3, 0.4) is 0 Å². The van der Waals surface area contributed by atoms with Crippen LogP contribution < -0.4 is 11.0 Å². The van der Waals surface area contributed by atoms with Crippen molar-refractivity contribution < 1.29 is 14.7 Å². The van der Waals surface area contributed by atoms with Gasteiger partial charge in [-0.25, -0.2) is 9.59 Å². The lowest BCUT2D eigenvalue weighted by Crippen LogP contribution is -2.41. The van der Waals surface area contributed by atoms with Crippen LogP contribution in [0.1, 0.15) is 36.7 Å². The van der Waals surface area contributed by atoms with Crippen LogP contribution in [0, 0.1) is 0 Å². The third-order valence-electron chi connectivity index (χ3n) is 2.29. The third kappa shape index (κ3) is 3.78. The Balaban J connectivity index is 2.64. The van der Waals surface area contributed by atoms with E-state index in [0.717, 1.165) is 6.42 Å². The summed E-state index contributed by atoms with van der Waals surface area (Å²) in [5.74, 6) is -1.68. The number of aromatic nitrogens is 2. The number of carboxylic acid groups (broad SMARTS) is 1. The molecule has 94 valence electrons. The molecule has 0 aliphatic rings. The van der Waals surface area contributed by atoms with Crippen LogP contribution in [0.4, 0.5) is 0 Å². The van der Waals surface area contributed by atoms with Gasteiger partial charge in [0.05, 0.1) is 0 Å². The number of rotatable bonds is 6. The van der Waals surface area contributed by atoms with Gasteiger partial charge in [0.15, 0.2) is 0 Å². The fourth-order valence-electron chi connectivity index (χ4n) is 1.36. The maximum atomic E-state index is 11.6. The van der Waals surface area contributed by atoms with E-state index in [4.69, 9.17) is 5.11 Å². The molecule has 1 atom stereocenters. The highest BCUT2D eigenvalue weighted by Gasteiger charge is 2.20. The van der Waals surface area contributed by atoms with Crippen molar-refractivity contribution in [1.29, 1.82) is 0 Å². The van der Waals surface area contributed by atoms with Crippen LogP contribution in [-0.2, 0) is 4.79 Å². The predicted octanol–water partition coefficient (Wildman–Crippen LogP) is 0.0762. The van der Waals surface area contributed by atoms with Gasteiger partial charge in [-0.2, -0.15) is 0 Å². The van der Waals surface area contributed by atoms with E-state index in [0.29, 0.717) is 12.8 Å². The van der Waals surface area contributed by atoms with E-state index in [9.17, 15) is 14.4 Å². The van der Waals surface area contributed by atoms with Gasteiger partial charge >= 0.3 is 11.7 Å². The first-order chi connectivity index (χ1) is 8.04. The van der Waals surface area contributed by atoms with Crippen molar-refractivity contribution in [3.8, 4) is 0 Å². The summed E-state index contributed by atoms with van der Waals surface area (Å²) in [5, 5.41) is 11.3. The molecule has 1 aromatic rings. The van der Waals surface area contributed by atoms with E-state index in [-0.39, 0.29) is 5.69 Å². The first-order valence-corrected chi connectivity index (χ1v) is 5.36. The number of carbonyl (C=O) groups excluding carboxylic acids is 1. The van der Waals surface area contributed by atoms with Crippen LogP contribution in [0.15, 0.2) is 11.0 Å². The molecule has 1 heterocycles. The summed E-state index contributed by atoms with van der Waals surface area (Å²) in [6.07, 6.45) is 3.13. The molecule has 0 spiro atoms. The number of carboxylic acids is 1. The van der Waals surface area contributed by atoms with E-state index >= 15 is 0 Å². The maximum absolute atomic E-state index is 11.6. The first kappa shape index (κ1) is 13.0. The Morgan fingerprint density at radius 1 is 1.53 bits per heavy atom. The number of H-pyrrole nitrogens is 2. The van der Waals surface area contributed by atoms with E-state index in [2.05, 4.69) is 15.3 Å². The van der Waals surface area contributed by atoms with E-state index in [1.54, 1.807) is 0 Å². The second kappa shape index (κ2) is 5.88. The molecule has 0 saturated heterocycles. The molecular weight excluding hydrogens is 226 g/mol. The SMILES string of the molecule is CCCCC(NC(=O)c1c[nH]c(=O)[nH]1)C(=O)O. The summed E-state index contributed by atoms with van der Waals surface area (Å²) in [6.45, 7) is 1.93. The number of aromatic amines is 2. The zero-order valence-corrected chi connectivity index (χ0v) is 9.45. The summed E-state index contributed by atoms with van der Waals surface area (Å²) >= 11 is 0. The topological polar surface area (TPSA) is 115 Å².